The number of nitro groups is 1. The molecule has 0 saturated heterocycles. The van der Waals surface area contributed by atoms with Crippen molar-refractivity contribution in [1.82, 2.24) is 5.32 Å². The molecule has 2 rings (SSSR count). The Morgan fingerprint density at radius 3 is 2.58 bits per heavy atom. The number of amides is 1. The number of nitrogens with zero attached hydrogens (tertiary/aromatic N) is 1. The number of nitrogens with one attached hydrogen (secondary N) is 1. The van der Waals surface area contributed by atoms with E-state index in [9.17, 15) is 14.9 Å². The van der Waals surface area contributed by atoms with E-state index in [1.54, 1.807) is 0 Å². The molecule has 0 radical (unpaired) electrons. The van der Waals surface area contributed by atoms with Crippen LogP contribution in [0.2, 0.25) is 5.02 Å². The average molecular weight is 395 g/mol. The van der Waals surface area contributed by atoms with Crippen LogP contribution in [0.4, 0.5) is 5.69 Å². The Morgan fingerprint density at radius 2 is 2.00 bits per heavy atom. The Balaban J connectivity index is 2.03. The molecule has 1 N–H and O–H groups in total. The van der Waals surface area contributed by atoms with Gasteiger partial charge in [-0.05, 0) is 42.9 Å². The van der Waals surface area contributed by atoms with Gasteiger partial charge in [-0.25, -0.2) is 0 Å². The molecular weight excluding hydrogens is 376 g/mol. The lowest BCUT2D eigenvalue weighted by atomic mass is 10.1. The number of carbonyl (C=O) groups excluding carboxylic acids is 1. The molecule has 2 aromatic carbocycles. The molecule has 26 heavy (non-hydrogen) atoms. The third-order valence-electron chi connectivity index (χ3n) is 3.78. The van der Waals surface area contributed by atoms with Gasteiger partial charge in [0.15, 0.2) is 0 Å². The van der Waals surface area contributed by atoms with Crippen LogP contribution in [0.5, 0.6) is 5.75 Å². The van der Waals surface area contributed by atoms with Gasteiger partial charge in [0.2, 0.25) is 0 Å². The monoisotopic (exact) mass is 394 g/mol. The van der Waals surface area contributed by atoms with E-state index in [4.69, 9.17) is 16.3 Å². The molecule has 0 spiro atoms. The summed E-state index contributed by atoms with van der Waals surface area (Å²) < 4.78 is 5.15. The summed E-state index contributed by atoms with van der Waals surface area (Å²) in [5.74, 6) is -0.0887. The first kappa shape index (κ1) is 20.1. The van der Waals surface area contributed by atoms with Crippen molar-refractivity contribution >= 4 is 35.0 Å². The van der Waals surface area contributed by atoms with Crippen molar-refractivity contribution in [3.05, 3.63) is 62.7 Å². The molecule has 0 aliphatic carbocycles. The Kier molecular flexibility index (Phi) is 7.29. The van der Waals surface area contributed by atoms with Crippen LogP contribution in [-0.2, 0) is 6.42 Å². The van der Waals surface area contributed by atoms with Crippen molar-refractivity contribution in [2.45, 2.75) is 17.7 Å². The normalized spacial score (nSPS) is 10.4. The fraction of sp³-hybridized carbons (Fsp3) is 0.278. The number of carbonyl (C=O) groups is 1. The van der Waals surface area contributed by atoms with E-state index >= 15 is 0 Å². The largest absolute Gasteiger partial charge is 0.495 e. The van der Waals surface area contributed by atoms with E-state index in [1.165, 1.54) is 31.0 Å². The molecule has 1 amide bonds. The molecule has 8 heteroatoms. The van der Waals surface area contributed by atoms with Crippen molar-refractivity contribution in [1.29, 1.82) is 0 Å². The van der Waals surface area contributed by atoms with E-state index in [2.05, 4.69) is 5.32 Å². The summed E-state index contributed by atoms with van der Waals surface area (Å²) in [6, 6.07) is 10.3. The maximum absolute atomic E-state index is 12.4. The summed E-state index contributed by atoms with van der Waals surface area (Å²) in [5, 5.41) is 14.7. The summed E-state index contributed by atoms with van der Waals surface area (Å²) in [6.45, 7) is 0.416. The van der Waals surface area contributed by atoms with Crippen LogP contribution in [0, 0.1) is 10.1 Å². The van der Waals surface area contributed by atoms with Gasteiger partial charge in [-0.3, -0.25) is 14.9 Å². The molecule has 0 bridgehead atoms. The van der Waals surface area contributed by atoms with Crippen LogP contribution < -0.4 is 10.1 Å². The predicted molar refractivity (Wildman–Crippen MR) is 104 cm³/mol. The van der Waals surface area contributed by atoms with Crippen LogP contribution in [0.15, 0.2) is 41.3 Å². The smallest absolute Gasteiger partial charge is 0.285 e. The van der Waals surface area contributed by atoms with E-state index in [0.29, 0.717) is 28.6 Å². The van der Waals surface area contributed by atoms with E-state index in [-0.39, 0.29) is 11.3 Å². The van der Waals surface area contributed by atoms with Crippen LogP contribution in [-0.4, -0.2) is 30.7 Å². The first-order chi connectivity index (χ1) is 12.5. The predicted octanol–water partition coefficient (Wildman–Crippen LogP) is 4.34. The molecule has 0 aliphatic heterocycles. The highest BCUT2D eigenvalue weighted by Crippen LogP contribution is 2.34. The number of methoxy groups -OCH3 is 1. The fourth-order valence-corrected chi connectivity index (χ4v) is 3.15. The van der Waals surface area contributed by atoms with Crippen LogP contribution in [0.3, 0.4) is 0 Å². The first-order valence-electron chi connectivity index (χ1n) is 7.89. The number of hydrogen-bond donors (Lipinski definition) is 1. The second-order valence-corrected chi connectivity index (χ2v) is 6.75. The average Bonchev–Trinajstić information content (AvgIpc) is 2.65. The van der Waals surface area contributed by atoms with E-state index < -0.39 is 10.8 Å². The van der Waals surface area contributed by atoms with Crippen molar-refractivity contribution < 1.29 is 14.5 Å². The number of aryl methyl sites for hydroxylation is 1. The Labute approximate surface area is 161 Å². The lowest BCUT2D eigenvalue weighted by molar-refractivity contribution is -0.385. The zero-order valence-electron chi connectivity index (χ0n) is 14.5. The maximum atomic E-state index is 12.4. The highest BCUT2D eigenvalue weighted by atomic mass is 35.5. The van der Waals surface area contributed by atoms with Gasteiger partial charge in [0.25, 0.3) is 11.6 Å². The molecule has 0 fully saturated rings. The molecule has 0 atom stereocenters. The SMILES string of the molecule is COc1cc([N+](=O)[O-])c(C(=O)NCCCc2ccc(Cl)cc2)cc1SC. The molecule has 2 aromatic rings. The first-order valence-corrected chi connectivity index (χ1v) is 9.49. The minimum absolute atomic E-state index is 0.0339. The summed E-state index contributed by atoms with van der Waals surface area (Å²) in [7, 11) is 1.44. The molecule has 0 heterocycles. The molecule has 0 unspecified atom stereocenters. The van der Waals surface area contributed by atoms with Crippen LogP contribution in [0.25, 0.3) is 0 Å². The minimum Gasteiger partial charge on any atom is -0.495 e. The number of nitro benzene ring substituents is 1. The molecule has 6 nitrogen and oxygen atoms in total. The van der Waals surface area contributed by atoms with Gasteiger partial charge in [-0.15, -0.1) is 11.8 Å². The Morgan fingerprint density at radius 1 is 1.31 bits per heavy atom. The molecule has 0 saturated carbocycles. The van der Waals surface area contributed by atoms with Crippen LogP contribution in [0.1, 0.15) is 22.3 Å². The summed E-state index contributed by atoms with van der Waals surface area (Å²) in [6.07, 6.45) is 3.31. The standard InChI is InChI=1S/C18H19ClN2O4S/c1-25-16-11-15(21(23)24)14(10-17(16)26-2)18(22)20-9-3-4-12-5-7-13(19)8-6-12/h5-8,10-11H,3-4,9H2,1-2H3,(H,20,22). The number of ether oxygens (including phenoxy) is 1. The van der Waals surface area contributed by atoms with Gasteiger partial charge in [0, 0.05) is 11.6 Å². The number of benzene rings is 2. The van der Waals surface area contributed by atoms with Gasteiger partial charge in [0.05, 0.1) is 23.0 Å². The van der Waals surface area contributed by atoms with Crippen molar-refractivity contribution in [3.8, 4) is 5.75 Å². The lowest BCUT2D eigenvalue weighted by Crippen LogP contribution is -2.25. The number of thioether (sulfide) groups is 1. The van der Waals surface area contributed by atoms with Crippen molar-refractivity contribution in [2.75, 3.05) is 19.9 Å². The summed E-state index contributed by atoms with van der Waals surface area (Å²) in [4.78, 5) is 23.8. The Hall–Kier alpha value is -2.25. The number of halogens is 1. The fourth-order valence-electron chi connectivity index (χ4n) is 2.44. The zero-order chi connectivity index (χ0) is 19.1. The van der Waals surface area contributed by atoms with Gasteiger partial charge in [-0.2, -0.15) is 0 Å². The lowest BCUT2D eigenvalue weighted by Gasteiger charge is -2.10. The summed E-state index contributed by atoms with van der Waals surface area (Å²) >= 11 is 7.21. The maximum Gasteiger partial charge on any atom is 0.285 e. The third-order valence-corrected chi connectivity index (χ3v) is 4.80. The zero-order valence-corrected chi connectivity index (χ0v) is 16.0. The second-order valence-electron chi connectivity index (χ2n) is 5.47. The molecule has 0 aliphatic rings. The number of rotatable bonds is 8. The van der Waals surface area contributed by atoms with E-state index in [0.717, 1.165) is 12.0 Å². The number of hydrogen-bond acceptors (Lipinski definition) is 5. The minimum atomic E-state index is -0.574. The van der Waals surface area contributed by atoms with Crippen LogP contribution >= 0.6 is 23.4 Å². The third kappa shape index (κ3) is 5.12. The molecule has 138 valence electrons. The van der Waals surface area contributed by atoms with Gasteiger partial charge >= 0.3 is 0 Å². The molecule has 0 aromatic heterocycles. The van der Waals surface area contributed by atoms with Crippen molar-refractivity contribution in [3.63, 3.8) is 0 Å². The van der Waals surface area contributed by atoms with E-state index in [1.807, 2.05) is 30.5 Å². The highest BCUT2D eigenvalue weighted by Gasteiger charge is 2.23. The Bertz CT molecular complexity index is 797. The topological polar surface area (TPSA) is 81.5 Å². The molecular formula is C18H19ClN2O4S. The van der Waals surface area contributed by atoms with Gasteiger partial charge in [-0.1, -0.05) is 23.7 Å². The van der Waals surface area contributed by atoms with Crippen molar-refractivity contribution in [2.24, 2.45) is 0 Å². The van der Waals surface area contributed by atoms with Gasteiger partial charge < -0.3 is 10.1 Å². The quantitative estimate of drug-likeness (QED) is 0.311. The van der Waals surface area contributed by atoms with Gasteiger partial charge in [0.1, 0.15) is 11.3 Å². The second kappa shape index (κ2) is 9.45. The summed E-state index contributed by atoms with van der Waals surface area (Å²) in [5.41, 5.74) is 0.880. The highest BCUT2D eigenvalue weighted by molar-refractivity contribution is 7.98.